The van der Waals surface area contributed by atoms with E-state index in [-0.39, 0.29) is 0 Å². The quantitative estimate of drug-likeness (QED) is 0.231. The lowest BCUT2D eigenvalue weighted by atomic mass is 10.1. The van der Waals surface area contributed by atoms with Gasteiger partial charge in [0.25, 0.3) is 0 Å². The van der Waals surface area contributed by atoms with Gasteiger partial charge in [0.15, 0.2) is 0 Å². The zero-order valence-electron chi connectivity index (χ0n) is 33.4. The summed E-state index contributed by atoms with van der Waals surface area (Å²) in [6.45, 7) is 36.1. The number of nitrogens with zero attached hydrogens (tertiary/aromatic N) is 10. The van der Waals surface area contributed by atoms with E-state index < -0.39 is 0 Å². The Bertz CT molecular complexity index is 1410. The van der Waals surface area contributed by atoms with E-state index in [0.29, 0.717) is 29.8 Å². The van der Waals surface area contributed by atoms with Crippen LogP contribution in [0.3, 0.4) is 0 Å². The first-order valence-electron chi connectivity index (χ1n) is 16.8. The van der Waals surface area contributed by atoms with Gasteiger partial charge < -0.3 is 5.01 Å². The van der Waals surface area contributed by atoms with Gasteiger partial charge in [-0.1, -0.05) is 41.5 Å². The average Bonchev–Trinajstić information content (AvgIpc) is 3.83. The Labute approximate surface area is 319 Å². The van der Waals surface area contributed by atoms with Gasteiger partial charge in [-0.15, -0.1) is 21.5 Å². The van der Waals surface area contributed by atoms with E-state index in [4.69, 9.17) is 0 Å². The lowest BCUT2D eigenvalue weighted by Crippen LogP contribution is -2.35. The standard InChI is InChI=1S/2C8H16N2S.3C6H10N2S/c1-6(2)10-7(3)8(4)11-9(10)5;1-6(2)10-9(5)7(3)8(4)11-10;1-4(2)6-8-7-5(3)9-6;1-4(2)6-7-5(3)8-9-6;1-4(2)6-5(3)7-9-8-6/h2*6H,1-5H3;3*4H,1-3H3. The van der Waals surface area contributed by atoms with Crippen LogP contribution < -0.4 is 0 Å². The van der Waals surface area contributed by atoms with Gasteiger partial charge in [0, 0.05) is 59.2 Å². The van der Waals surface area contributed by atoms with Crippen molar-refractivity contribution in [3.05, 3.63) is 53.4 Å². The van der Waals surface area contributed by atoms with Crippen molar-refractivity contribution in [1.82, 2.24) is 47.1 Å². The third-order valence-electron chi connectivity index (χ3n) is 7.18. The molecule has 0 N–H and O–H groups in total. The largest absolute Gasteiger partial charge is 0.302 e. The van der Waals surface area contributed by atoms with Crippen LogP contribution in [0.1, 0.15) is 147 Å². The molecule has 0 fully saturated rings. The highest BCUT2D eigenvalue weighted by molar-refractivity contribution is 8.01. The Hall–Kier alpha value is -1.62. The fourth-order valence-electron chi connectivity index (χ4n) is 4.34. The Kier molecular flexibility index (Phi) is 20.1. The molecule has 0 bridgehead atoms. The Morgan fingerprint density at radius 2 is 1.16 bits per heavy atom. The molecule has 5 rings (SSSR count). The predicted octanol–water partition coefficient (Wildman–Crippen LogP) is 10.8. The van der Waals surface area contributed by atoms with Crippen LogP contribution in [0.15, 0.2) is 21.2 Å². The van der Waals surface area contributed by atoms with Crippen molar-refractivity contribution in [2.45, 2.75) is 148 Å². The van der Waals surface area contributed by atoms with Crippen LogP contribution in [-0.2, 0) is 0 Å². The van der Waals surface area contributed by atoms with Crippen LogP contribution in [0.4, 0.5) is 0 Å². The average molecular weight is 771 g/mol. The molecule has 0 saturated carbocycles. The molecule has 5 heterocycles. The summed E-state index contributed by atoms with van der Waals surface area (Å²) in [5, 5.41) is 15.7. The first-order chi connectivity index (χ1) is 22.7. The van der Waals surface area contributed by atoms with Gasteiger partial charge in [0.1, 0.15) is 20.8 Å². The molecule has 0 unspecified atom stereocenters. The molecule has 49 heavy (non-hydrogen) atoms. The normalized spacial score (nSPS) is 15.2. The summed E-state index contributed by atoms with van der Waals surface area (Å²) in [7, 11) is 4.21. The number of hydrogen-bond donors (Lipinski definition) is 0. The molecule has 0 spiro atoms. The second kappa shape index (κ2) is 21.7. The summed E-state index contributed by atoms with van der Waals surface area (Å²) < 4.78 is 16.8. The van der Waals surface area contributed by atoms with Crippen LogP contribution in [0, 0.1) is 20.8 Å². The van der Waals surface area contributed by atoms with E-state index in [2.05, 4.69) is 158 Å². The summed E-state index contributed by atoms with van der Waals surface area (Å²) in [6.07, 6.45) is 0. The van der Waals surface area contributed by atoms with E-state index >= 15 is 0 Å². The van der Waals surface area contributed by atoms with Crippen molar-refractivity contribution < 1.29 is 0 Å². The summed E-state index contributed by atoms with van der Waals surface area (Å²) in [6, 6.07) is 1.13. The van der Waals surface area contributed by atoms with Gasteiger partial charge in [-0.2, -0.15) is 21.9 Å². The molecular formula is C34H62N10S5. The zero-order chi connectivity index (χ0) is 37.7. The lowest BCUT2D eigenvalue weighted by Gasteiger charge is -2.30. The number of hydrazine groups is 2. The second-order valence-electron chi connectivity index (χ2n) is 13.3. The monoisotopic (exact) mass is 770 g/mol. The SMILES string of the molecule is CC1=C(C)N(C(C)C)N(C)S1.CC1=C(C)N(C)N(C(C)C)S1.Cc1nnc(C(C)C)s1.Cc1nsc(C(C)C)n1.Cc1nsnc1C(C)C. The third-order valence-corrected chi connectivity index (χ3v) is 12.5. The minimum absolute atomic E-state index is 0.517. The summed E-state index contributed by atoms with van der Waals surface area (Å²) in [5.74, 6) is 2.46. The fraction of sp³-hybridized carbons (Fsp3) is 0.706. The smallest absolute Gasteiger partial charge is 0.139 e. The van der Waals surface area contributed by atoms with Gasteiger partial charge in [0.2, 0.25) is 0 Å². The summed E-state index contributed by atoms with van der Waals surface area (Å²) >= 11 is 8.10. The van der Waals surface area contributed by atoms with Gasteiger partial charge in [-0.05, 0) is 118 Å². The Morgan fingerprint density at radius 3 is 1.37 bits per heavy atom. The molecular weight excluding hydrogens is 709 g/mol. The highest BCUT2D eigenvalue weighted by Crippen LogP contribution is 2.36. The first kappa shape index (κ1) is 45.4. The molecule has 2 aliphatic heterocycles. The van der Waals surface area contributed by atoms with Crippen molar-refractivity contribution in [2.75, 3.05) is 14.1 Å². The van der Waals surface area contributed by atoms with Crippen LogP contribution in [0.5, 0.6) is 0 Å². The second-order valence-corrected chi connectivity index (χ2v) is 18.3. The van der Waals surface area contributed by atoms with Gasteiger partial charge in [-0.25, -0.2) is 4.98 Å². The molecule has 0 atom stereocenters. The van der Waals surface area contributed by atoms with Gasteiger partial charge in [-0.3, -0.25) is 5.01 Å². The lowest BCUT2D eigenvalue weighted by molar-refractivity contribution is 0.114. The maximum atomic E-state index is 4.22. The van der Waals surface area contributed by atoms with E-state index in [9.17, 15) is 0 Å². The zero-order valence-corrected chi connectivity index (χ0v) is 37.5. The van der Waals surface area contributed by atoms with E-state index in [1.807, 2.05) is 32.7 Å². The highest BCUT2D eigenvalue weighted by Gasteiger charge is 2.25. The van der Waals surface area contributed by atoms with Gasteiger partial charge in [0.05, 0.1) is 23.1 Å². The molecule has 0 amide bonds. The maximum absolute atomic E-state index is 4.22. The molecule has 3 aromatic rings. The van der Waals surface area contributed by atoms with Gasteiger partial charge >= 0.3 is 0 Å². The van der Waals surface area contributed by atoms with E-state index in [1.54, 1.807) is 23.3 Å². The van der Waals surface area contributed by atoms with Crippen LogP contribution in [0.2, 0.25) is 0 Å². The maximum Gasteiger partial charge on any atom is 0.139 e. The Morgan fingerprint density at radius 1 is 0.592 bits per heavy atom. The minimum Gasteiger partial charge on any atom is -0.302 e. The van der Waals surface area contributed by atoms with Crippen molar-refractivity contribution in [3.8, 4) is 0 Å². The Balaban J connectivity index is 0.000000307. The topological polar surface area (TPSA) is 90.3 Å². The van der Waals surface area contributed by atoms with Crippen molar-refractivity contribution in [2.24, 2.45) is 0 Å². The number of allylic oxidation sites excluding steroid dienone is 4. The summed E-state index contributed by atoms with van der Waals surface area (Å²) in [5.41, 5.74) is 4.96. The minimum atomic E-state index is 0.517. The molecule has 278 valence electrons. The molecule has 0 aliphatic carbocycles. The van der Waals surface area contributed by atoms with Crippen molar-refractivity contribution in [3.63, 3.8) is 0 Å². The number of aryl methyl sites for hydroxylation is 3. The number of aromatic nitrogens is 6. The molecule has 0 saturated heterocycles. The highest BCUT2D eigenvalue weighted by atomic mass is 32.2. The molecule has 0 radical (unpaired) electrons. The van der Waals surface area contributed by atoms with Crippen LogP contribution >= 0.6 is 58.5 Å². The van der Waals surface area contributed by atoms with Crippen molar-refractivity contribution >= 4 is 58.5 Å². The van der Waals surface area contributed by atoms with E-state index in [1.165, 1.54) is 44.5 Å². The fourth-order valence-corrected chi connectivity index (χ4v) is 8.40. The molecule has 15 heteroatoms. The van der Waals surface area contributed by atoms with Crippen LogP contribution in [0.25, 0.3) is 0 Å². The third kappa shape index (κ3) is 14.9. The molecule has 2 aliphatic rings. The number of rotatable bonds is 5. The molecule has 3 aromatic heterocycles. The first-order valence-corrected chi connectivity index (χ1v) is 20.7. The predicted molar refractivity (Wildman–Crippen MR) is 218 cm³/mol. The summed E-state index contributed by atoms with van der Waals surface area (Å²) in [4.78, 5) is 7.03. The van der Waals surface area contributed by atoms with E-state index in [0.717, 1.165) is 32.2 Å². The van der Waals surface area contributed by atoms with Crippen LogP contribution in [-0.4, -0.2) is 73.3 Å². The molecule has 10 nitrogen and oxygen atoms in total. The molecule has 0 aromatic carbocycles. The van der Waals surface area contributed by atoms with Crippen molar-refractivity contribution in [1.29, 1.82) is 0 Å². The number of hydrogen-bond acceptors (Lipinski definition) is 15.